The van der Waals surface area contributed by atoms with E-state index in [9.17, 15) is 4.79 Å². The summed E-state index contributed by atoms with van der Waals surface area (Å²) in [5.41, 5.74) is 2.45. The van der Waals surface area contributed by atoms with Crippen LogP contribution < -0.4 is 15.5 Å². The molecule has 4 heteroatoms. The van der Waals surface area contributed by atoms with Gasteiger partial charge in [-0.3, -0.25) is 4.79 Å². The first kappa shape index (κ1) is 14.5. The van der Waals surface area contributed by atoms with Crippen LogP contribution in [0.15, 0.2) is 24.3 Å². The van der Waals surface area contributed by atoms with E-state index in [0.29, 0.717) is 6.42 Å². The van der Waals surface area contributed by atoms with Crippen molar-refractivity contribution in [1.82, 2.24) is 10.6 Å². The van der Waals surface area contributed by atoms with E-state index in [1.807, 2.05) is 19.2 Å². The lowest BCUT2D eigenvalue weighted by atomic mass is 10.1. The third kappa shape index (κ3) is 4.37. The molecule has 1 rings (SSSR count). The first-order valence-electron chi connectivity index (χ1n) is 6.39. The summed E-state index contributed by atoms with van der Waals surface area (Å²) < 4.78 is 0. The van der Waals surface area contributed by atoms with Crippen LogP contribution in [0, 0.1) is 0 Å². The molecule has 1 aromatic carbocycles. The fraction of sp³-hybridized carbons (Fsp3) is 0.500. The molecule has 0 aliphatic heterocycles. The standard InChI is InChI=1S/C14H23N3O/c1-4-16-11-12-7-5-6-8-13(12)17(3)10-9-14(18)15-2/h5-8,16H,4,9-11H2,1-3H3,(H,15,18). The van der Waals surface area contributed by atoms with Crippen LogP contribution in [0.3, 0.4) is 0 Å². The minimum atomic E-state index is 0.0750. The van der Waals surface area contributed by atoms with E-state index >= 15 is 0 Å². The third-order valence-corrected chi connectivity index (χ3v) is 2.92. The minimum Gasteiger partial charge on any atom is -0.374 e. The van der Waals surface area contributed by atoms with Gasteiger partial charge in [0.2, 0.25) is 5.91 Å². The predicted octanol–water partition coefficient (Wildman–Crippen LogP) is 1.37. The second-order valence-corrected chi connectivity index (χ2v) is 4.25. The van der Waals surface area contributed by atoms with E-state index in [1.54, 1.807) is 7.05 Å². The highest BCUT2D eigenvalue weighted by Gasteiger charge is 2.07. The maximum Gasteiger partial charge on any atom is 0.221 e. The summed E-state index contributed by atoms with van der Waals surface area (Å²) in [5, 5.41) is 5.97. The maximum atomic E-state index is 11.3. The summed E-state index contributed by atoms with van der Waals surface area (Å²) >= 11 is 0. The molecule has 100 valence electrons. The number of hydrogen-bond acceptors (Lipinski definition) is 3. The monoisotopic (exact) mass is 249 g/mol. The summed E-state index contributed by atoms with van der Waals surface area (Å²) in [4.78, 5) is 13.4. The molecule has 0 bridgehead atoms. The molecule has 18 heavy (non-hydrogen) atoms. The van der Waals surface area contributed by atoms with Gasteiger partial charge in [-0.25, -0.2) is 0 Å². The number of nitrogens with zero attached hydrogens (tertiary/aromatic N) is 1. The molecule has 0 aliphatic carbocycles. The Kier molecular flexibility index (Phi) is 6.22. The fourth-order valence-corrected chi connectivity index (χ4v) is 1.81. The van der Waals surface area contributed by atoms with Crippen molar-refractivity contribution in [3.05, 3.63) is 29.8 Å². The number of carbonyl (C=O) groups excluding carboxylic acids is 1. The van der Waals surface area contributed by atoms with Crippen molar-refractivity contribution in [2.24, 2.45) is 0 Å². The minimum absolute atomic E-state index is 0.0750. The molecule has 4 nitrogen and oxygen atoms in total. The molecule has 0 unspecified atom stereocenters. The van der Waals surface area contributed by atoms with Gasteiger partial charge in [-0.1, -0.05) is 25.1 Å². The van der Waals surface area contributed by atoms with Gasteiger partial charge in [-0.05, 0) is 18.2 Å². The first-order valence-corrected chi connectivity index (χ1v) is 6.39. The van der Waals surface area contributed by atoms with Crippen LogP contribution >= 0.6 is 0 Å². The highest BCUT2D eigenvalue weighted by atomic mass is 16.1. The zero-order valence-electron chi connectivity index (χ0n) is 11.5. The van der Waals surface area contributed by atoms with Gasteiger partial charge in [-0.15, -0.1) is 0 Å². The molecular weight excluding hydrogens is 226 g/mol. The lowest BCUT2D eigenvalue weighted by molar-refractivity contribution is -0.120. The Morgan fingerprint density at radius 2 is 2.06 bits per heavy atom. The Hall–Kier alpha value is -1.55. The molecule has 0 radical (unpaired) electrons. The molecule has 0 fully saturated rings. The van der Waals surface area contributed by atoms with Crippen molar-refractivity contribution in [2.45, 2.75) is 19.9 Å². The van der Waals surface area contributed by atoms with E-state index in [-0.39, 0.29) is 5.91 Å². The molecule has 0 aliphatic rings. The highest BCUT2D eigenvalue weighted by molar-refractivity contribution is 5.76. The van der Waals surface area contributed by atoms with Crippen LogP contribution in [0.5, 0.6) is 0 Å². The number of anilines is 1. The molecular formula is C14H23N3O. The van der Waals surface area contributed by atoms with Crippen LogP contribution in [0.4, 0.5) is 5.69 Å². The van der Waals surface area contributed by atoms with E-state index in [2.05, 4.69) is 34.6 Å². The molecule has 0 saturated heterocycles. The van der Waals surface area contributed by atoms with Crippen molar-refractivity contribution in [1.29, 1.82) is 0 Å². The van der Waals surface area contributed by atoms with E-state index < -0.39 is 0 Å². The Bertz CT molecular complexity index is 379. The lowest BCUT2D eigenvalue weighted by Gasteiger charge is -2.22. The summed E-state index contributed by atoms with van der Waals surface area (Å²) in [5.74, 6) is 0.0750. The lowest BCUT2D eigenvalue weighted by Crippen LogP contribution is -2.27. The van der Waals surface area contributed by atoms with Crippen LogP contribution in [0.25, 0.3) is 0 Å². The number of nitrogens with one attached hydrogen (secondary N) is 2. The summed E-state index contributed by atoms with van der Waals surface area (Å²) in [6, 6.07) is 8.29. The molecule has 1 amide bonds. The van der Waals surface area contributed by atoms with Crippen LogP contribution in [-0.2, 0) is 11.3 Å². The van der Waals surface area contributed by atoms with Crippen molar-refractivity contribution in [2.75, 3.05) is 32.1 Å². The molecule has 0 aromatic heterocycles. The quantitative estimate of drug-likeness (QED) is 0.767. The number of rotatable bonds is 7. The molecule has 0 heterocycles. The number of carbonyl (C=O) groups is 1. The van der Waals surface area contributed by atoms with Crippen molar-refractivity contribution in [3.8, 4) is 0 Å². The highest BCUT2D eigenvalue weighted by Crippen LogP contribution is 2.19. The number of para-hydroxylation sites is 1. The predicted molar refractivity (Wildman–Crippen MR) is 75.8 cm³/mol. The van der Waals surface area contributed by atoms with Gasteiger partial charge < -0.3 is 15.5 Å². The van der Waals surface area contributed by atoms with Crippen LogP contribution in [0.1, 0.15) is 18.9 Å². The van der Waals surface area contributed by atoms with Crippen molar-refractivity contribution in [3.63, 3.8) is 0 Å². The summed E-state index contributed by atoms with van der Waals surface area (Å²) in [7, 11) is 3.69. The Balaban J connectivity index is 2.65. The third-order valence-electron chi connectivity index (χ3n) is 2.92. The maximum absolute atomic E-state index is 11.3. The summed E-state index contributed by atoms with van der Waals surface area (Å²) in [6.45, 7) is 4.63. The average molecular weight is 249 g/mol. The van der Waals surface area contributed by atoms with Crippen LogP contribution in [-0.4, -0.2) is 33.1 Å². The zero-order chi connectivity index (χ0) is 13.4. The molecule has 0 saturated carbocycles. The van der Waals surface area contributed by atoms with Crippen molar-refractivity contribution >= 4 is 11.6 Å². The Morgan fingerprint density at radius 3 is 2.72 bits per heavy atom. The van der Waals surface area contributed by atoms with Crippen LogP contribution in [0.2, 0.25) is 0 Å². The zero-order valence-corrected chi connectivity index (χ0v) is 11.5. The van der Waals surface area contributed by atoms with Gasteiger partial charge in [-0.2, -0.15) is 0 Å². The van der Waals surface area contributed by atoms with Gasteiger partial charge >= 0.3 is 0 Å². The largest absolute Gasteiger partial charge is 0.374 e. The molecule has 0 atom stereocenters. The number of hydrogen-bond donors (Lipinski definition) is 2. The fourth-order valence-electron chi connectivity index (χ4n) is 1.81. The number of amides is 1. The van der Waals surface area contributed by atoms with Gasteiger partial charge in [0, 0.05) is 39.3 Å². The van der Waals surface area contributed by atoms with E-state index in [1.165, 1.54) is 11.3 Å². The summed E-state index contributed by atoms with van der Waals surface area (Å²) in [6.07, 6.45) is 0.516. The number of benzene rings is 1. The van der Waals surface area contributed by atoms with Gasteiger partial charge in [0.25, 0.3) is 0 Å². The second kappa shape index (κ2) is 7.71. The smallest absolute Gasteiger partial charge is 0.221 e. The Labute approximate surface area is 109 Å². The van der Waals surface area contributed by atoms with Crippen molar-refractivity contribution < 1.29 is 4.79 Å². The normalized spacial score (nSPS) is 10.2. The Morgan fingerprint density at radius 1 is 1.33 bits per heavy atom. The van der Waals surface area contributed by atoms with Gasteiger partial charge in [0.05, 0.1) is 0 Å². The van der Waals surface area contributed by atoms with E-state index in [0.717, 1.165) is 19.6 Å². The molecule has 0 spiro atoms. The average Bonchev–Trinajstić information content (AvgIpc) is 2.42. The van der Waals surface area contributed by atoms with Gasteiger partial charge in [0.15, 0.2) is 0 Å². The molecule has 2 N–H and O–H groups in total. The molecule has 1 aromatic rings. The van der Waals surface area contributed by atoms with Gasteiger partial charge in [0.1, 0.15) is 0 Å². The topological polar surface area (TPSA) is 44.4 Å². The second-order valence-electron chi connectivity index (χ2n) is 4.25. The van der Waals surface area contributed by atoms with E-state index in [4.69, 9.17) is 0 Å². The first-order chi connectivity index (χ1) is 8.69. The SMILES string of the molecule is CCNCc1ccccc1N(C)CCC(=O)NC.